The third-order valence-electron chi connectivity index (χ3n) is 3.81. The van der Waals surface area contributed by atoms with E-state index < -0.39 is 23.6 Å². The number of ether oxygens (including phenoxy) is 1. The van der Waals surface area contributed by atoms with Crippen molar-refractivity contribution in [3.63, 3.8) is 0 Å². The zero-order valence-electron chi connectivity index (χ0n) is 14.1. The molecule has 0 fully saturated rings. The van der Waals surface area contributed by atoms with Crippen LogP contribution in [0.15, 0.2) is 42.6 Å². The van der Waals surface area contributed by atoms with Crippen molar-refractivity contribution < 1.29 is 28.2 Å². The second kappa shape index (κ2) is 7.36. The number of carbonyl (C=O) groups excluding carboxylic acids is 1. The molecular formula is C19H14F2N2O4. The molecule has 27 heavy (non-hydrogen) atoms. The van der Waals surface area contributed by atoms with Gasteiger partial charge in [-0.1, -0.05) is 0 Å². The highest BCUT2D eigenvalue weighted by molar-refractivity contribution is 6.06. The molecule has 0 radical (unpaired) electrons. The number of carboxylic acids is 1. The van der Waals surface area contributed by atoms with E-state index in [1.54, 1.807) is 6.92 Å². The number of nitrogens with zero attached hydrogens (tertiary/aromatic N) is 1. The highest BCUT2D eigenvalue weighted by atomic mass is 19.2. The minimum absolute atomic E-state index is 0.0395. The summed E-state index contributed by atoms with van der Waals surface area (Å²) >= 11 is 0. The summed E-state index contributed by atoms with van der Waals surface area (Å²) in [4.78, 5) is 27.2. The van der Waals surface area contributed by atoms with Gasteiger partial charge in [-0.15, -0.1) is 0 Å². The van der Waals surface area contributed by atoms with Crippen LogP contribution in [0, 0.1) is 11.6 Å². The van der Waals surface area contributed by atoms with Gasteiger partial charge in [-0.25, -0.2) is 18.4 Å². The summed E-state index contributed by atoms with van der Waals surface area (Å²) in [7, 11) is 0. The number of aromatic carboxylic acids is 1. The molecule has 0 aliphatic heterocycles. The molecule has 0 bridgehead atoms. The SMILES string of the molecule is CCOC(=O)c1cnc2cc(F)c(F)cc2c1Nc1ccc(C(=O)O)cc1. The Hall–Kier alpha value is -3.55. The maximum absolute atomic E-state index is 13.8. The molecule has 8 heteroatoms. The van der Waals surface area contributed by atoms with Crippen molar-refractivity contribution in [2.24, 2.45) is 0 Å². The van der Waals surface area contributed by atoms with E-state index in [1.807, 2.05) is 0 Å². The van der Waals surface area contributed by atoms with Gasteiger partial charge >= 0.3 is 11.9 Å². The van der Waals surface area contributed by atoms with Crippen LogP contribution in [-0.4, -0.2) is 28.6 Å². The van der Waals surface area contributed by atoms with Crippen LogP contribution in [0.25, 0.3) is 10.9 Å². The monoisotopic (exact) mass is 372 g/mol. The average molecular weight is 372 g/mol. The van der Waals surface area contributed by atoms with Crippen LogP contribution in [-0.2, 0) is 4.74 Å². The van der Waals surface area contributed by atoms with E-state index in [-0.39, 0.29) is 34.3 Å². The van der Waals surface area contributed by atoms with Gasteiger partial charge in [0.15, 0.2) is 11.6 Å². The second-order valence-corrected chi connectivity index (χ2v) is 5.56. The van der Waals surface area contributed by atoms with E-state index in [9.17, 15) is 18.4 Å². The molecule has 138 valence electrons. The number of hydrogen-bond acceptors (Lipinski definition) is 5. The number of halogens is 2. The van der Waals surface area contributed by atoms with Crippen molar-refractivity contribution in [2.75, 3.05) is 11.9 Å². The summed E-state index contributed by atoms with van der Waals surface area (Å²) in [5, 5.41) is 12.1. The maximum Gasteiger partial charge on any atom is 0.341 e. The number of anilines is 2. The quantitative estimate of drug-likeness (QED) is 0.655. The maximum atomic E-state index is 13.8. The first-order valence-electron chi connectivity index (χ1n) is 7.96. The largest absolute Gasteiger partial charge is 0.478 e. The minimum Gasteiger partial charge on any atom is -0.478 e. The average Bonchev–Trinajstić information content (AvgIpc) is 2.64. The van der Waals surface area contributed by atoms with Crippen molar-refractivity contribution >= 4 is 34.2 Å². The van der Waals surface area contributed by atoms with Gasteiger partial charge < -0.3 is 15.2 Å². The summed E-state index contributed by atoms with van der Waals surface area (Å²) in [5.41, 5.74) is 0.895. The van der Waals surface area contributed by atoms with Crippen molar-refractivity contribution in [3.8, 4) is 0 Å². The predicted octanol–water partition coefficient (Wildman–Crippen LogP) is 4.13. The highest BCUT2D eigenvalue weighted by Crippen LogP contribution is 2.31. The molecule has 2 N–H and O–H groups in total. The molecule has 0 saturated carbocycles. The minimum atomic E-state index is -1.09. The topological polar surface area (TPSA) is 88.5 Å². The number of carbonyl (C=O) groups is 2. The third-order valence-corrected chi connectivity index (χ3v) is 3.81. The Morgan fingerprint density at radius 2 is 1.81 bits per heavy atom. The molecule has 1 heterocycles. The van der Waals surface area contributed by atoms with Crippen LogP contribution in [0.4, 0.5) is 20.2 Å². The van der Waals surface area contributed by atoms with Crippen molar-refractivity contribution in [1.29, 1.82) is 0 Å². The fourth-order valence-electron chi connectivity index (χ4n) is 2.53. The first-order chi connectivity index (χ1) is 12.9. The molecule has 0 saturated heterocycles. The normalized spacial score (nSPS) is 10.6. The van der Waals surface area contributed by atoms with Crippen LogP contribution < -0.4 is 5.32 Å². The van der Waals surface area contributed by atoms with Gasteiger partial charge in [0.25, 0.3) is 0 Å². The van der Waals surface area contributed by atoms with Crippen LogP contribution in [0.2, 0.25) is 0 Å². The number of pyridine rings is 1. The van der Waals surface area contributed by atoms with Gasteiger partial charge in [-0.3, -0.25) is 4.98 Å². The number of fused-ring (bicyclic) bond motifs is 1. The fraction of sp³-hybridized carbons (Fsp3) is 0.105. The molecule has 3 aromatic rings. The van der Waals surface area contributed by atoms with E-state index >= 15 is 0 Å². The fourth-order valence-corrected chi connectivity index (χ4v) is 2.53. The molecule has 6 nitrogen and oxygen atoms in total. The molecule has 0 atom stereocenters. The van der Waals surface area contributed by atoms with Crippen LogP contribution in [0.3, 0.4) is 0 Å². The first-order valence-corrected chi connectivity index (χ1v) is 7.96. The lowest BCUT2D eigenvalue weighted by atomic mass is 10.1. The van der Waals surface area contributed by atoms with E-state index in [1.165, 1.54) is 30.5 Å². The van der Waals surface area contributed by atoms with E-state index in [0.717, 1.165) is 12.1 Å². The molecule has 0 aliphatic carbocycles. The number of rotatable bonds is 5. The lowest BCUT2D eigenvalue weighted by Gasteiger charge is -2.14. The molecule has 2 aromatic carbocycles. The smallest absolute Gasteiger partial charge is 0.341 e. The van der Waals surface area contributed by atoms with Gasteiger partial charge in [0.1, 0.15) is 5.56 Å². The number of aromatic nitrogens is 1. The van der Waals surface area contributed by atoms with Crippen LogP contribution >= 0.6 is 0 Å². The number of nitrogens with one attached hydrogen (secondary N) is 1. The standard InChI is InChI=1S/C19H14F2N2O4/c1-2-27-19(26)13-9-22-16-8-15(21)14(20)7-12(16)17(13)23-11-5-3-10(4-6-11)18(24)25/h3-9H,2H2,1H3,(H,22,23)(H,24,25). The Labute approximate surface area is 152 Å². The molecule has 0 amide bonds. The molecule has 0 spiro atoms. The van der Waals surface area contributed by atoms with Crippen LogP contribution in [0.1, 0.15) is 27.6 Å². The Morgan fingerprint density at radius 1 is 1.15 bits per heavy atom. The third kappa shape index (κ3) is 3.69. The highest BCUT2D eigenvalue weighted by Gasteiger charge is 2.19. The zero-order chi connectivity index (χ0) is 19.6. The molecule has 3 rings (SSSR count). The molecule has 0 aliphatic rings. The van der Waals surface area contributed by atoms with E-state index in [0.29, 0.717) is 5.69 Å². The number of hydrogen-bond donors (Lipinski definition) is 2. The summed E-state index contributed by atoms with van der Waals surface area (Å²) in [6, 6.07) is 7.60. The Kier molecular flexibility index (Phi) is 4.98. The Bertz CT molecular complexity index is 1040. The lowest BCUT2D eigenvalue weighted by molar-refractivity contribution is 0.0526. The van der Waals surface area contributed by atoms with Gasteiger partial charge in [0.2, 0.25) is 0 Å². The van der Waals surface area contributed by atoms with Gasteiger partial charge in [0, 0.05) is 23.3 Å². The summed E-state index contributed by atoms with van der Waals surface area (Å²) < 4.78 is 32.3. The zero-order valence-corrected chi connectivity index (χ0v) is 14.1. The van der Waals surface area contributed by atoms with E-state index in [4.69, 9.17) is 9.84 Å². The van der Waals surface area contributed by atoms with Crippen LogP contribution in [0.5, 0.6) is 0 Å². The summed E-state index contributed by atoms with van der Waals surface area (Å²) in [6.45, 7) is 1.76. The summed E-state index contributed by atoms with van der Waals surface area (Å²) in [5.74, 6) is -3.91. The first kappa shape index (κ1) is 18.2. The predicted molar refractivity (Wildman–Crippen MR) is 94.3 cm³/mol. The van der Waals surface area contributed by atoms with Gasteiger partial charge in [-0.05, 0) is 37.3 Å². The molecular weight excluding hydrogens is 358 g/mol. The van der Waals surface area contributed by atoms with Crippen molar-refractivity contribution in [3.05, 3.63) is 65.4 Å². The van der Waals surface area contributed by atoms with Crippen molar-refractivity contribution in [2.45, 2.75) is 6.92 Å². The Balaban J connectivity index is 2.14. The Morgan fingerprint density at radius 3 is 2.44 bits per heavy atom. The second-order valence-electron chi connectivity index (χ2n) is 5.56. The van der Waals surface area contributed by atoms with Crippen molar-refractivity contribution in [1.82, 2.24) is 4.98 Å². The molecule has 1 aromatic heterocycles. The van der Waals surface area contributed by atoms with Gasteiger partial charge in [0.05, 0.1) is 23.4 Å². The molecule has 0 unspecified atom stereocenters. The lowest BCUT2D eigenvalue weighted by Crippen LogP contribution is -2.09. The number of benzene rings is 2. The van der Waals surface area contributed by atoms with E-state index in [2.05, 4.69) is 10.3 Å². The number of esters is 1. The van der Waals surface area contributed by atoms with Gasteiger partial charge in [-0.2, -0.15) is 0 Å². The number of carboxylic acid groups (broad SMARTS) is 1. The summed E-state index contributed by atoms with van der Waals surface area (Å²) in [6.07, 6.45) is 1.21.